The Morgan fingerprint density at radius 1 is 1.04 bits per heavy atom. The average Bonchev–Trinajstić information content (AvgIpc) is 3.25. The van der Waals surface area contributed by atoms with E-state index in [1.807, 2.05) is 6.08 Å². The van der Waals surface area contributed by atoms with E-state index in [0.717, 1.165) is 13.1 Å². The maximum atomic E-state index is 13.0. The highest BCUT2D eigenvalue weighted by Gasteiger charge is 2.54. The number of fused-ring (bicyclic) bond motifs is 2. The number of carbonyl (C=O) groups is 2. The lowest BCUT2D eigenvalue weighted by molar-refractivity contribution is -0.149. The molecule has 2 saturated heterocycles. The molecule has 0 aliphatic carbocycles. The van der Waals surface area contributed by atoms with Crippen LogP contribution < -0.4 is 4.90 Å². The van der Waals surface area contributed by atoms with Crippen LogP contribution in [0.2, 0.25) is 0 Å². The number of piperazine rings is 1. The second kappa shape index (κ2) is 6.43. The van der Waals surface area contributed by atoms with Crippen molar-refractivity contribution in [2.45, 2.75) is 26.1 Å². The number of benzene rings is 1. The fraction of sp³-hybridized carbons (Fsp3) is 0.500. The molecule has 1 N–H and O–H groups in total. The number of carboxylic acid groups (broad SMARTS) is 1. The molecule has 0 spiro atoms. The SMILES string of the molecule is Cc1cccc(N2CCN(C(=O)[C@@H]3[C@@H](C(=O)O)[C@@H]4C=C[C@H]3O4)CC2)c1C. The summed E-state index contributed by atoms with van der Waals surface area (Å²) in [6.07, 6.45) is 2.73. The Morgan fingerprint density at radius 3 is 2.35 bits per heavy atom. The summed E-state index contributed by atoms with van der Waals surface area (Å²) in [5, 5.41) is 9.51. The maximum absolute atomic E-state index is 13.0. The van der Waals surface area contributed by atoms with Crippen LogP contribution in [0.3, 0.4) is 0 Å². The molecule has 1 aromatic carbocycles. The first-order valence-electron chi connectivity index (χ1n) is 9.14. The Balaban J connectivity index is 1.45. The summed E-state index contributed by atoms with van der Waals surface area (Å²) in [6, 6.07) is 6.29. The predicted octanol–water partition coefficient (Wildman–Crippen LogP) is 1.61. The van der Waals surface area contributed by atoms with E-state index in [1.165, 1.54) is 16.8 Å². The summed E-state index contributed by atoms with van der Waals surface area (Å²) < 4.78 is 5.64. The van der Waals surface area contributed by atoms with E-state index in [9.17, 15) is 14.7 Å². The normalized spacial score (nSPS) is 30.1. The highest BCUT2D eigenvalue weighted by atomic mass is 16.5. The molecule has 4 rings (SSSR count). The molecule has 0 saturated carbocycles. The van der Waals surface area contributed by atoms with Gasteiger partial charge in [0.05, 0.1) is 18.1 Å². The van der Waals surface area contributed by atoms with Gasteiger partial charge in [-0.15, -0.1) is 0 Å². The topological polar surface area (TPSA) is 70.1 Å². The van der Waals surface area contributed by atoms with Crippen molar-refractivity contribution in [3.63, 3.8) is 0 Å². The molecule has 0 unspecified atom stereocenters. The van der Waals surface area contributed by atoms with Gasteiger partial charge in [0.25, 0.3) is 0 Å². The van der Waals surface area contributed by atoms with E-state index in [0.29, 0.717) is 13.1 Å². The van der Waals surface area contributed by atoms with E-state index in [2.05, 4.69) is 36.9 Å². The zero-order chi connectivity index (χ0) is 18.4. The number of carboxylic acids is 1. The van der Waals surface area contributed by atoms with Crippen LogP contribution >= 0.6 is 0 Å². The van der Waals surface area contributed by atoms with Crippen LogP contribution in [-0.4, -0.2) is 60.3 Å². The number of amides is 1. The molecule has 0 aromatic heterocycles. The Hall–Kier alpha value is -2.34. The second-order valence-electron chi connectivity index (χ2n) is 7.37. The summed E-state index contributed by atoms with van der Waals surface area (Å²) in [5.41, 5.74) is 3.74. The van der Waals surface area contributed by atoms with Crippen molar-refractivity contribution >= 4 is 17.6 Å². The molecular weight excluding hydrogens is 332 g/mol. The highest BCUT2D eigenvalue weighted by Crippen LogP contribution is 2.40. The zero-order valence-corrected chi connectivity index (χ0v) is 15.1. The van der Waals surface area contributed by atoms with Gasteiger partial charge in [0.15, 0.2) is 0 Å². The quantitative estimate of drug-likeness (QED) is 0.833. The third kappa shape index (κ3) is 2.69. The van der Waals surface area contributed by atoms with Crippen molar-refractivity contribution in [3.8, 4) is 0 Å². The van der Waals surface area contributed by atoms with Gasteiger partial charge >= 0.3 is 5.97 Å². The largest absolute Gasteiger partial charge is 0.481 e. The number of hydrogen-bond acceptors (Lipinski definition) is 4. The number of nitrogens with zero attached hydrogens (tertiary/aromatic N) is 2. The van der Waals surface area contributed by atoms with Gasteiger partial charge in [0.2, 0.25) is 5.91 Å². The fourth-order valence-electron chi connectivity index (χ4n) is 4.35. The molecule has 26 heavy (non-hydrogen) atoms. The minimum Gasteiger partial charge on any atom is -0.481 e. The molecule has 2 fully saturated rings. The first kappa shape index (κ1) is 17.1. The van der Waals surface area contributed by atoms with Crippen molar-refractivity contribution in [2.75, 3.05) is 31.1 Å². The zero-order valence-electron chi connectivity index (χ0n) is 15.1. The molecule has 3 aliphatic heterocycles. The molecular formula is C20H24N2O4. The molecule has 6 heteroatoms. The Kier molecular flexibility index (Phi) is 4.23. The molecule has 6 nitrogen and oxygen atoms in total. The first-order valence-corrected chi connectivity index (χ1v) is 9.14. The third-order valence-corrected chi connectivity index (χ3v) is 5.98. The molecule has 138 valence electrons. The number of aliphatic carboxylic acids is 1. The number of carbonyl (C=O) groups excluding carboxylic acids is 1. The lowest BCUT2D eigenvalue weighted by Crippen LogP contribution is -2.53. The van der Waals surface area contributed by atoms with Gasteiger partial charge in [-0.05, 0) is 31.0 Å². The number of rotatable bonds is 3. The van der Waals surface area contributed by atoms with Gasteiger partial charge in [0, 0.05) is 31.9 Å². The van der Waals surface area contributed by atoms with Crippen molar-refractivity contribution in [1.29, 1.82) is 0 Å². The number of ether oxygens (including phenoxy) is 1. The van der Waals surface area contributed by atoms with E-state index in [-0.39, 0.29) is 5.91 Å². The highest BCUT2D eigenvalue weighted by molar-refractivity contribution is 5.87. The van der Waals surface area contributed by atoms with Crippen LogP contribution in [-0.2, 0) is 14.3 Å². The van der Waals surface area contributed by atoms with Gasteiger partial charge in [0.1, 0.15) is 5.92 Å². The number of aryl methyl sites for hydroxylation is 1. The number of anilines is 1. The summed E-state index contributed by atoms with van der Waals surface area (Å²) in [4.78, 5) is 28.7. The van der Waals surface area contributed by atoms with E-state index < -0.39 is 30.0 Å². The first-order chi connectivity index (χ1) is 12.5. The monoisotopic (exact) mass is 356 g/mol. The summed E-state index contributed by atoms with van der Waals surface area (Å²) in [7, 11) is 0. The summed E-state index contributed by atoms with van der Waals surface area (Å²) in [6.45, 7) is 6.95. The van der Waals surface area contributed by atoms with Gasteiger partial charge in [-0.1, -0.05) is 24.3 Å². The molecule has 2 bridgehead atoms. The van der Waals surface area contributed by atoms with E-state index in [4.69, 9.17) is 4.74 Å². The van der Waals surface area contributed by atoms with Crippen molar-refractivity contribution in [2.24, 2.45) is 11.8 Å². The van der Waals surface area contributed by atoms with Gasteiger partial charge in [-0.25, -0.2) is 0 Å². The summed E-state index contributed by atoms with van der Waals surface area (Å²) >= 11 is 0. The molecule has 0 radical (unpaired) electrons. The molecule has 3 aliphatic rings. The van der Waals surface area contributed by atoms with Crippen LogP contribution in [0.25, 0.3) is 0 Å². The minimum absolute atomic E-state index is 0.0881. The third-order valence-electron chi connectivity index (χ3n) is 5.98. The fourth-order valence-corrected chi connectivity index (χ4v) is 4.35. The minimum atomic E-state index is -0.950. The average molecular weight is 356 g/mol. The van der Waals surface area contributed by atoms with Crippen LogP contribution in [0.5, 0.6) is 0 Å². The molecule has 1 aromatic rings. The van der Waals surface area contributed by atoms with Crippen LogP contribution in [0.1, 0.15) is 11.1 Å². The summed E-state index contributed by atoms with van der Waals surface area (Å²) in [5.74, 6) is -2.41. The number of hydrogen-bond donors (Lipinski definition) is 1. The van der Waals surface area contributed by atoms with Crippen molar-refractivity contribution in [1.82, 2.24) is 4.90 Å². The standard InChI is InChI=1S/C20H24N2O4/c1-12-4-3-5-14(13(12)2)21-8-10-22(11-9-21)19(23)17-15-6-7-16(26-15)18(17)20(24)25/h3-7,15-18H,8-11H2,1-2H3,(H,24,25)/t15-,16+,17+,18+/m1/s1. The lowest BCUT2D eigenvalue weighted by atomic mass is 9.82. The molecule has 1 amide bonds. The Morgan fingerprint density at radius 2 is 1.69 bits per heavy atom. The predicted molar refractivity (Wildman–Crippen MR) is 97.1 cm³/mol. The van der Waals surface area contributed by atoms with Crippen LogP contribution in [0.4, 0.5) is 5.69 Å². The Labute approximate surface area is 153 Å². The van der Waals surface area contributed by atoms with Crippen LogP contribution in [0.15, 0.2) is 30.4 Å². The van der Waals surface area contributed by atoms with E-state index >= 15 is 0 Å². The van der Waals surface area contributed by atoms with Gasteiger partial charge in [-0.3, -0.25) is 9.59 Å². The van der Waals surface area contributed by atoms with E-state index in [1.54, 1.807) is 11.0 Å². The van der Waals surface area contributed by atoms with Gasteiger partial charge < -0.3 is 19.6 Å². The van der Waals surface area contributed by atoms with Crippen molar-refractivity contribution in [3.05, 3.63) is 41.5 Å². The smallest absolute Gasteiger partial charge is 0.310 e. The molecule has 3 heterocycles. The molecule has 4 atom stereocenters. The maximum Gasteiger partial charge on any atom is 0.310 e. The Bertz CT molecular complexity index is 767. The van der Waals surface area contributed by atoms with Crippen LogP contribution in [0, 0.1) is 25.7 Å². The van der Waals surface area contributed by atoms with Crippen molar-refractivity contribution < 1.29 is 19.4 Å². The lowest BCUT2D eigenvalue weighted by Gasteiger charge is -2.39. The van der Waals surface area contributed by atoms with Gasteiger partial charge in [-0.2, -0.15) is 0 Å². The second-order valence-corrected chi connectivity index (χ2v) is 7.37.